The van der Waals surface area contributed by atoms with Crippen molar-refractivity contribution in [2.75, 3.05) is 0 Å². The van der Waals surface area contributed by atoms with Crippen molar-refractivity contribution in [3.63, 3.8) is 0 Å². The molecule has 0 amide bonds. The molecule has 2 aromatic carbocycles. The zero-order chi connectivity index (χ0) is 15.4. The van der Waals surface area contributed by atoms with Gasteiger partial charge in [-0.15, -0.1) is 0 Å². The van der Waals surface area contributed by atoms with Gasteiger partial charge in [-0.05, 0) is 80.2 Å². The van der Waals surface area contributed by atoms with Gasteiger partial charge in [0, 0.05) is 0 Å². The lowest BCUT2D eigenvalue weighted by Gasteiger charge is -2.28. The second-order valence-corrected chi connectivity index (χ2v) is 6.88. The van der Waals surface area contributed by atoms with Crippen molar-refractivity contribution in [3.05, 3.63) is 59.2 Å². The smallest absolute Gasteiger partial charge is 0.0152 e. The Balaban J connectivity index is 0.000000133. The summed E-state index contributed by atoms with van der Waals surface area (Å²) in [5.74, 6) is 1.02. The van der Waals surface area contributed by atoms with Gasteiger partial charge in [0.15, 0.2) is 0 Å². The molecule has 0 radical (unpaired) electrons. The first-order valence-corrected chi connectivity index (χ1v) is 8.89. The van der Waals surface area contributed by atoms with E-state index in [-0.39, 0.29) is 0 Å². The van der Waals surface area contributed by atoms with Crippen molar-refractivity contribution in [2.24, 2.45) is 5.92 Å². The fraction of sp³-hybridized carbons (Fsp3) is 0.455. The van der Waals surface area contributed by atoms with Crippen LogP contribution in [0.25, 0.3) is 10.8 Å². The quantitative estimate of drug-likeness (QED) is 0.471. The zero-order valence-electron chi connectivity index (χ0n) is 14.1. The molecule has 0 saturated heterocycles. The van der Waals surface area contributed by atoms with Gasteiger partial charge in [-0.25, -0.2) is 0 Å². The molecule has 0 heteroatoms. The number of fused-ring (bicyclic) bond motifs is 2. The Hall–Kier alpha value is -1.56. The molecular weight excluding hydrogens is 264 g/mol. The van der Waals surface area contributed by atoms with Crippen molar-refractivity contribution >= 4 is 10.8 Å². The maximum Gasteiger partial charge on any atom is -0.0152 e. The third-order valence-corrected chi connectivity index (χ3v) is 5.42. The lowest BCUT2D eigenvalue weighted by Crippen LogP contribution is -2.12. The molecule has 0 spiro atoms. The molecule has 0 bridgehead atoms. The van der Waals surface area contributed by atoms with Gasteiger partial charge < -0.3 is 0 Å². The van der Waals surface area contributed by atoms with E-state index < -0.39 is 0 Å². The third-order valence-electron chi connectivity index (χ3n) is 5.42. The highest BCUT2D eigenvalue weighted by atomic mass is 14.3. The van der Waals surface area contributed by atoms with Gasteiger partial charge in [0.1, 0.15) is 0 Å². The van der Waals surface area contributed by atoms with Crippen molar-refractivity contribution < 1.29 is 0 Å². The number of benzene rings is 2. The van der Waals surface area contributed by atoms with Crippen LogP contribution in [0.5, 0.6) is 0 Å². The summed E-state index contributed by atoms with van der Waals surface area (Å²) < 4.78 is 0. The lowest BCUT2D eigenvalue weighted by molar-refractivity contribution is 0.402. The summed E-state index contributed by atoms with van der Waals surface area (Å²) in [5, 5.41) is 2.71. The van der Waals surface area contributed by atoms with Crippen LogP contribution in [0.4, 0.5) is 0 Å². The number of hydrogen-bond acceptors (Lipinski definition) is 0. The Bertz CT molecular complexity index is 663. The molecule has 22 heavy (non-hydrogen) atoms. The van der Waals surface area contributed by atoms with Gasteiger partial charge in [-0.3, -0.25) is 0 Å². The van der Waals surface area contributed by atoms with E-state index in [0.717, 1.165) is 5.92 Å². The van der Waals surface area contributed by atoms with E-state index in [1.807, 2.05) is 0 Å². The highest BCUT2D eigenvalue weighted by Crippen LogP contribution is 2.36. The molecule has 0 aromatic heterocycles. The standard InChI is InChI=1S/C12H12.C10H16/c1-9-7-8-11-5-3-4-6-12(11)10(9)2;1-2-6-10-8-4-3-7-9(10)5-1/h3-8H,1-2H3;5,10H,1-4,6-8H2. The Labute approximate surface area is 135 Å². The molecule has 0 N–H and O–H groups in total. The molecule has 4 rings (SSSR count). The highest BCUT2D eigenvalue weighted by molar-refractivity contribution is 5.86. The van der Waals surface area contributed by atoms with Crippen LogP contribution in [0.1, 0.15) is 56.1 Å². The van der Waals surface area contributed by atoms with Gasteiger partial charge in [-0.2, -0.15) is 0 Å². The summed E-state index contributed by atoms with van der Waals surface area (Å²) >= 11 is 0. The fourth-order valence-electron chi connectivity index (χ4n) is 3.90. The second-order valence-electron chi connectivity index (χ2n) is 6.88. The number of rotatable bonds is 0. The Morgan fingerprint density at radius 2 is 1.68 bits per heavy atom. The molecule has 2 aliphatic rings. The zero-order valence-corrected chi connectivity index (χ0v) is 14.1. The number of hydrogen-bond donors (Lipinski definition) is 0. The van der Waals surface area contributed by atoms with Gasteiger partial charge >= 0.3 is 0 Å². The van der Waals surface area contributed by atoms with Crippen molar-refractivity contribution in [3.8, 4) is 0 Å². The topological polar surface area (TPSA) is 0 Å². The SMILES string of the molecule is C1=C2CCCCC2CCC1.Cc1ccc2ccccc2c1C. The minimum absolute atomic E-state index is 1.02. The van der Waals surface area contributed by atoms with E-state index in [1.165, 1.54) is 66.8 Å². The minimum Gasteiger partial charge on any atom is -0.0851 e. The minimum atomic E-state index is 1.02. The molecule has 1 fully saturated rings. The molecule has 1 atom stereocenters. The largest absolute Gasteiger partial charge is 0.0851 e. The maximum atomic E-state index is 2.51. The monoisotopic (exact) mass is 292 g/mol. The van der Waals surface area contributed by atoms with Gasteiger partial charge in [0.05, 0.1) is 0 Å². The lowest BCUT2D eigenvalue weighted by atomic mass is 9.78. The summed E-state index contributed by atoms with van der Waals surface area (Å²) in [7, 11) is 0. The van der Waals surface area contributed by atoms with Crippen LogP contribution in [0.15, 0.2) is 48.0 Å². The number of allylic oxidation sites excluding steroid dienone is 2. The van der Waals surface area contributed by atoms with Crippen LogP contribution < -0.4 is 0 Å². The first kappa shape index (κ1) is 15.3. The van der Waals surface area contributed by atoms with E-state index in [9.17, 15) is 0 Å². The van der Waals surface area contributed by atoms with Crippen molar-refractivity contribution in [1.82, 2.24) is 0 Å². The van der Waals surface area contributed by atoms with Crippen LogP contribution in [0.2, 0.25) is 0 Å². The second kappa shape index (κ2) is 7.13. The summed E-state index contributed by atoms with van der Waals surface area (Å²) in [6.45, 7) is 4.33. The van der Waals surface area contributed by atoms with Crippen LogP contribution in [0, 0.1) is 19.8 Å². The van der Waals surface area contributed by atoms with Crippen LogP contribution in [0.3, 0.4) is 0 Å². The maximum absolute atomic E-state index is 2.51. The Morgan fingerprint density at radius 3 is 2.55 bits per heavy atom. The van der Waals surface area contributed by atoms with E-state index in [2.05, 4.69) is 56.3 Å². The number of aryl methyl sites for hydroxylation is 2. The summed E-state index contributed by atoms with van der Waals surface area (Å²) in [4.78, 5) is 0. The summed E-state index contributed by atoms with van der Waals surface area (Å²) in [6, 6.07) is 12.9. The van der Waals surface area contributed by atoms with Crippen LogP contribution in [-0.2, 0) is 0 Å². The average molecular weight is 292 g/mol. The molecule has 0 heterocycles. The predicted molar refractivity (Wildman–Crippen MR) is 97.3 cm³/mol. The molecule has 1 unspecified atom stereocenters. The summed E-state index contributed by atoms with van der Waals surface area (Å²) in [5.41, 5.74) is 4.57. The molecule has 0 aliphatic heterocycles. The van der Waals surface area contributed by atoms with Gasteiger partial charge in [-0.1, -0.05) is 54.5 Å². The van der Waals surface area contributed by atoms with E-state index >= 15 is 0 Å². The summed E-state index contributed by atoms with van der Waals surface area (Å²) in [6.07, 6.45) is 12.7. The van der Waals surface area contributed by atoms with Crippen LogP contribution in [-0.4, -0.2) is 0 Å². The molecular formula is C22H28. The first-order valence-electron chi connectivity index (χ1n) is 8.89. The first-order chi connectivity index (χ1) is 10.8. The van der Waals surface area contributed by atoms with E-state index in [0.29, 0.717) is 0 Å². The van der Waals surface area contributed by atoms with Gasteiger partial charge in [0.25, 0.3) is 0 Å². The van der Waals surface area contributed by atoms with Crippen molar-refractivity contribution in [2.45, 2.75) is 58.8 Å². The molecule has 2 aliphatic carbocycles. The Kier molecular flexibility index (Phi) is 4.97. The normalized spacial score (nSPS) is 20.6. The van der Waals surface area contributed by atoms with E-state index in [4.69, 9.17) is 0 Å². The molecule has 116 valence electrons. The average Bonchev–Trinajstić information content (AvgIpc) is 2.59. The predicted octanol–water partition coefficient (Wildman–Crippen LogP) is 6.74. The Morgan fingerprint density at radius 1 is 0.864 bits per heavy atom. The molecule has 0 nitrogen and oxygen atoms in total. The third kappa shape index (κ3) is 3.43. The molecule has 2 aromatic rings. The van der Waals surface area contributed by atoms with Crippen LogP contribution >= 0.6 is 0 Å². The van der Waals surface area contributed by atoms with Gasteiger partial charge in [0.2, 0.25) is 0 Å². The van der Waals surface area contributed by atoms with E-state index in [1.54, 1.807) is 5.57 Å². The molecule has 1 saturated carbocycles. The highest BCUT2D eigenvalue weighted by Gasteiger charge is 2.20. The van der Waals surface area contributed by atoms with Crippen molar-refractivity contribution in [1.29, 1.82) is 0 Å². The fourth-order valence-corrected chi connectivity index (χ4v) is 3.90.